The average molecular weight is 238 g/mol. The third-order valence-corrected chi connectivity index (χ3v) is 6.93. The van der Waals surface area contributed by atoms with Crippen molar-refractivity contribution in [1.29, 1.82) is 0 Å². The Morgan fingerprint density at radius 1 is 1.19 bits per heavy atom. The minimum atomic E-state index is -0.785. The molecule has 0 aromatic carbocycles. The first kappa shape index (κ1) is 12.4. The van der Waals surface area contributed by atoms with Crippen LogP contribution in [0.1, 0.15) is 39.5 Å². The van der Waals surface area contributed by atoms with E-state index in [1.54, 1.807) is 0 Å². The van der Waals surface area contributed by atoms with Gasteiger partial charge in [0.2, 0.25) is 0 Å². The van der Waals surface area contributed by atoms with Crippen LogP contribution >= 0.6 is 0 Å². The van der Waals surface area contributed by atoms with Crippen molar-refractivity contribution in [2.45, 2.75) is 51.6 Å². The van der Waals surface area contributed by atoms with Crippen LogP contribution in [0.2, 0.25) is 12.1 Å². The van der Waals surface area contributed by atoms with Gasteiger partial charge in [0.25, 0.3) is 0 Å². The summed E-state index contributed by atoms with van der Waals surface area (Å²) in [6.07, 6.45) is 10.5. The first-order valence-electron chi connectivity index (χ1n) is 7.13. The molecule has 0 aliphatic heterocycles. The number of rotatable bonds is 7. The van der Waals surface area contributed by atoms with Crippen LogP contribution in [0.3, 0.4) is 0 Å². The van der Waals surface area contributed by atoms with Crippen molar-refractivity contribution in [2.75, 3.05) is 6.61 Å². The Morgan fingerprint density at radius 3 is 2.56 bits per heavy atom. The van der Waals surface area contributed by atoms with E-state index in [0.717, 1.165) is 24.4 Å². The topological polar surface area (TPSA) is 9.23 Å². The second-order valence-electron chi connectivity index (χ2n) is 5.49. The largest absolute Gasteiger partial charge is 0.420 e. The van der Waals surface area contributed by atoms with Gasteiger partial charge in [-0.25, -0.2) is 0 Å². The first-order chi connectivity index (χ1) is 7.83. The molecular formula is C14H26OSi. The molecule has 0 radical (unpaired) electrons. The molecule has 2 aliphatic rings. The summed E-state index contributed by atoms with van der Waals surface area (Å²) in [7, 11) is -0.785. The minimum Gasteiger partial charge on any atom is -0.420 e. The molecule has 2 bridgehead atoms. The van der Waals surface area contributed by atoms with E-state index in [4.69, 9.17) is 4.43 Å². The van der Waals surface area contributed by atoms with E-state index in [-0.39, 0.29) is 0 Å². The molecule has 1 nitrogen and oxygen atoms in total. The van der Waals surface area contributed by atoms with Crippen LogP contribution in [0, 0.1) is 17.8 Å². The molecule has 1 fully saturated rings. The molecule has 0 aromatic rings. The zero-order chi connectivity index (χ0) is 11.4. The Hall–Kier alpha value is -0.0831. The molecule has 2 aliphatic carbocycles. The molecule has 0 N–H and O–H groups in total. The summed E-state index contributed by atoms with van der Waals surface area (Å²) in [6, 6.07) is 2.60. The van der Waals surface area contributed by atoms with Gasteiger partial charge < -0.3 is 4.43 Å². The number of hydrogen-bond donors (Lipinski definition) is 0. The van der Waals surface area contributed by atoms with Gasteiger partial charge in [0.15, 0.2) is 9.04 Å². The number of allylic oxidation sites excluding steroid dienone is 2. The minimum absolute atomic E-state index is 0.785. The van der Waals surface area contributed by atoms with E-state index in [1.807, 2.05) is 0 Å². The van der Waals surface area contributed by atoms with Crippen LogP contribution in [0.4, 0.5) is 0 Å². The van der Waals surface area contributed by atoms with Gasteiger partial charge in [-0.05, 0) is 55.5 Å². The monoisotopic (exact) mass is 238 g/mol. The number of fused-ring (bicyclic) bond motifs is 2. The third-order valence-electron chi connectivity index (χ3n) is 4.40. The maximum atomic E-state index is 6.00. The Labute approximate surface area is 102 Å². The molecule has 3 unspecified atom stereocenters. The SMILES string of the molecule is CC[SiH](CC)OCCCC1CC2C=CC1C2. The lowest BCUT2D eigenvalue weighted by molar-refractivity contribution is 0.283. The molecule has 0 saturated heterocycles. The molecule has 0 spiro atoms. The molecule has 16 heavy (non-hydrogen) atoms. The molecular weight excluding hydrogens is 212 g/mol. The normalized spacial score (nSPS) is 31.8. The lowest BCUT2D eigenvalue weighted by Crippen LogP contribution is -2.17. The molecule has 2 rings (SSSR count). The Kier molecular flexibility index (Phi) is 4.65. The Morgan fingerprint density at radius 2 is 2.00 bits per heavy atom. The summed E-state index contributed by atoms with van der Waals surface area (Å²) in [5.74, 6) is 2.85. The highest BCUT2D eigenvalue weighted by Gasteiger charge is 2.34. The van der Waals surface area contributed by atoms with E-state index >= 15 is 0 Å². The summed E-state index contributed by atoms with van der Waals surface area (Å²) in [6.45, 7) is 5.60. The Balaban J connectivity index is 1.57. The van der Waals surface area contributed by atoms with Crippen LogP contribution in [-0.4, -0.2) is 15.6 Å². The first-order valence-corrected chi connectivity index (χ1v) is 9.23. The van der Waals surface area contributed by atoms with Crippen molar-refractivity contribution in [2.24, 2.45) is 17.8 Å². The molecule has 1 saturated carbocycles. The van der Waals surface area contributed by atoms with E-state index in [2.05, 4.69) is 26.0 Å². The predicted octanol–water partition coefficient (Wildman–Crippen LogP) is 3.76. The van der Waals surface area contributed by atoms with Gasteiger partial charge in [-0.3, -0.25) is 0 Å². The average Bonchev–Trinajstić information content (AvgIpc) is 2.91. The van der Waals surface area contributed by atoms with Crippen LogP contribution in [0.25, 0.3) is 0 Å². The second kappa shape index (κ2) is 6.01. The summed E-state index contributed by atoms with van der Waals surface area (Å²) in [4.78, 5) is 0. The maximum Gasteiger partial charge on any atom is 0.176 e. The molecule has 0 aromatic heterocycles. The Bertz CT molecular complexity index is 235. The summed E-state index contributed by atoms with van der Waals surface area (Å²) < 4.78 is 6.00. The highest BCUT2D eigenvalue weighted by molar-refractivity contribution is 6.51. The van der Waals surface area contributed by atoms with Crippen molar-refractivity contribution < 1.29 is 4.43 Å². The summed E-state index contributed by atoms with van der Waals surface area (Å²) >= 11 is 0. The van der Waals surface area contributed by atoms with Crippen molar-refractivity contribution in [3.05, 3.63) is 12.2 Å². The lowest BCUT2D eigenvalue weighted by atomic mass is 9.90. The van der Waals surface area contributed by atoms with E-state index in [1.165, 1.54) is 37.8 Å². The van der Waals surface area contributed by atoms with E-state index < -0.39 is 9.04 Å². The standard InChI is InChI=1S/C14H26OSi/c1-3-16(4-2)15-9-5-6-13-10-12-7-8-14(13)11-12/h7-8,12-14,16H,3-6,9-11H2,1-2H3. The highest BCUT2D eigenvalue weighted by Crippen LogP contribution is 2.45. The summed E-state index contributed by atoms with van der Waals surface area (Å²) in [5, 5.41) is 0. The fourth-order valence-corrected chi connectivity index (χ4v) is 4.90. The second-order valence-corrected chi connectivity index (χ2v) is 8.70. The van der Waals surface area contributed by atoms with Gasteiger partial charge in [0, 0.05) is 6.61 Å². The van der Waals surface area contributed by atoms with Gasteiger partial charge in [0.1, 0.15) is 0 Å². The fourth-order valence-electron chi connectivity index (χ4n) is 3.35. The molecule has 0 amide bonds. The molecule has 92 valence electrons. The highest BCUT2D eigenvalue weighted by atomic mass is 28.3. The quantitative estimate of drug-likeness (QED) is 0.373. The van der Waals surface area contributed by atoms with Crippen molar-refractivity contribution >= 4 is 9.04 Å². The zero-order valence-corrected chi connectivity index (χ0v) is 12.0. The summed E-state index contributed by atoms with van der Waals surface area (Å²) in [5.41, 5.74) is 0. The van der Waals surface area contributed by atoms with Gasteiger partial charge in [-0.15, -0.1) is 0 Å². The van der Waals surface area contributed by atoms with Gasteiger partial charge in [0.05, 0.1) is 0 Å². The van der Waals surface area contributed by atoms with Crippen molar-refractivity contribution in [3.63, 3.8) is 0 Å². The van der Waals surface area contributed by atoms with Gasteiger partial charge in [-0.2, -0.15) is 0 Å². The maximum absolute atomic E-state index is 6.00. The lowest BCUT2D eigenvalue weighted by Gasteiger charge is -2.18. The van der Waals surface area contributed by atoms with Crippen LogP contribution in [0.5, 0.6) is 0 Å². The van der Waals surface area contributed by atoms with Crippen LogP contribution < -0.4 is 0 Å². The van der Waals surface area contributed by atoms with Crippen LogP contribution in [0.15, 0.2) is 12.2 Å². The fraction of sp³-hybridized carbons (Fsp3) is 0.857. The third kappa shape index (κ3) is 2.98. The van der Waals surface area contributed by atoms with Crippen molar-refractivity contribution in [3.8, 4) is 0 Å². The molecule has 0 heterocycles. The molecule has 3 atom stereocenters. The van der Waals surface area contributed by atoms with E-state index in [0.29, 0.717) is 0 Å². The van der Waals surface area contributed by atoms with Crippen molar-refractivity contribution in [1.82, 2.24) is 0 Å². The number of hydrogen-bond acceptors (Lipinski definition) is 1. The van der Waals surface area contributed by atoms with Gasteiger partial charge in [-0.1, -0.05) is 26.0 Å². The zero-order valence-electron chi connectivity index (χ0n) is 10.8. The predicted molar refractivity (Wildman–Crippen MR) is 72.1 cm³/mol. The molecule has 2 heteroatoms. The smallest absolute Gasteiger partial charge is 0.176 e. The van der Waals surface area contributed by atoms with E-state index in [9.17, 15) is 0 Å². The van der Waals surface area contributed by atoms with Crippen LogP contribution in [-0.2, 0) is 4.43 Å². The van der Waals surface area contributed by atoms with Gasteiger partial charge >= 0.3 is 0 Å².